The highest BCUT2D eigenvalue weighted by Gasteiger charge is 2.31. The molecule has 4 N–H and O–H groups in total. The van der Waals surface area contributed by atoms with Crippen LogP contribution >= 0.6 is 11.6 Å². The Hall–Kier alpha value is -3.89. The Morgan fingerprint density at radius 3 is 1.79 bits per heavy atom. The minimum atomic E-state index is -0.379. The summed E-state index contributed by atoms with van der Waals surface area (Å²) in [5.74, 6) is 0.486. The van der Waals surface area contributed by atoms with Gasteiger partial charge in [-0.2, -0.15) is 0 Å². The van der Waals surface area contributed by atoms with Crippen molar-refractivity contribution in [2.75, 3.05) is 59.5 Å². The molecule has 0 saturated carbocycles. The molecule has 3 aromatic rings. The summed E-state index contributed by atoms with van der Waals surface area (Å²) in [7, 11) is 6.84. The number of esters is 1. The number of carbonyl (C=O) groups excluding carboxylic acids is 2. The number of nitrogen functional groups attached to an aromatic ring is 2. The monoisotopic (exact) mass is 612 g/mol. The predicted octanol–water partition coefficient (Wildman–Crippen LogP) is 4.78. The number of rotatable bonds is 17. The molecule has 0 aliphatic rings. The van der Waals surface area contributed by atoms with Crippen LogP contribution in [0, 0.1) is 5.92 Å². The largest absolute Gasteiger partial charge is 0.497 e. The number of aromatic nitrogens is 2. The van der Waals surface area contributed by atoms with E-state index < -0.39 is 0 Å². The van der Waals surface area contributed by atoms with Crippen LogP contribution in [0.5, 0.6) is 11.5 Å². The number of benzene rings is 2. The Morgan fingerprint density at radius 2 is 1.33 bits per heavy atom. The van der Waals surface area contributed by atoms with Crippen LogP contribution in [0.3, 0.4) is 0 Å². The summed E-state index contributed by atoms with van der Waals surface area (Å²) in [6.45, 7) is 2.30. The summed E-state index contributed by atoms with van der Waals surface area (Å²) >= 11 is 6.03. The second-order valence-electron chi connectivity index (χ2n) is 11.1. The maximum Gasteiger partial charge on any atom is 0.306 e. The number of nitrogens with zero attached hydrogens (tertiary/aromatic N) is 3. The van der Waals surface area contributed by atoms with Gasteiger partial charge in [-0.15, -0.1) is 0 Å². The first-order valence-corrected chi connectivity index (χ1v) is 14.7. The van der Waals surface area contributed by atoms with Crippen LogP contribution in [0.1, 0.15) is 47.3 Å². The highest BCUT2D eigenvalue weighted by molar-refractivity contribution is 6.31. The lowest BCUT2D eigenvalue weighted by molar-refractivity contribution is -0.913. The molecule has 0 spiro atoms. The van der Waals surface area contributed by atoms with Gasteiger partial charge in [0.2, 0.25) is 0 Å². The number of halogens is 1. The number of quaternary nitrogens is 1. The zero-order chi connectivity index (χ0) is 31.4. The first-order chi connectivity index (χ1) is 20.6. The average molecular weight is 613 g/mol. The molecule has 0 amide bonds. The molecule has 43 heavy (non-hydrogen) atoms. The standard InChI is InChI=1S/C32H42ClN5O5/c1-38(17-5-7-22-9-13-25(41-2)14-10-22,18-6-8-23-11-15-26(42-3)16-12-23)21-24(20-28(40)43-4)19-27(39)29-31(34)37-32(35)30(33)36-29/h9-16,24H,5-8,17-21H2,1-4H3,(H3-,34,35,37,39)/p+1. The van der Waals surface area contributed by atoms with E-state index in [4.69, 9.17) is 37.3 Å². The van der Waals surface area contributed by atoms with Gasteiger partial charge in [-0.25, -0.2) is 9.97 Å². The number of ether oxygens (including phenoxy) is 3. The third kappa shape index (κ3) is 10.4. The fraction of sp³-hybridized carbons (Fsp3) is 0.438. The number of anilines is 2. The summed E-state index contributed by atoms with van der Waals surface area (Å²) in [5.41, 5.74) is 14.1. The van der Waals surface area contributed by atoms with E-state index in [2.05, 4.69) is 41.3 Å². The van der Waals surface area contributed by atoms with Crippen molar-refractivity contribution >= 4 is 35.0 Å². The molecule has 0 saturated heterocycles. The van der Waals surface area contributed by atoms with Crippen LogP contribution in [0.4, 0.5) is 11.6 Å². The van der Waals surface area contributed by atoms with E-state index in [1.807, 2.05) is 24.3 Å². The minimum Gasteiger partial charge on any atom is -0.497 e. The van der Waals surface area contributed by atoms with Crippen LogP contribution in [0.25, 0.3) is 0 Å². The molecular formula is C32H43ClN5O5+. The SMILES string of the molecule is COC(=O)CC(CC(=O)c1nc(Cl)c(N)nc1N)C[N+](C)(CCCc1ccc(OC)cc1)CCCc1ccc(OC)cc1. The summed E-state index contributed by atoms with van der Waals surface area (Å²) in [6.07, 6.45) is 3.77. The lowest BCUT2D eigenvalue weighted by Crippen LogP contribution is -2.49. The molecule has 2 aromatic carbocycles. The highest BCUT2D eigenvalue weighted by atomic mass is 35.5. The van der Waals surface area contributed by atoms with Crippen molar-refractivity contribution in [2.45, 2.75) is 38.5 Å². The van der Waals surface area contributed by atoms with Crippen molar-refractivity contribution in [1.29, 1.82) is 0 Å². The van der Waals surface area contributed by atoms with E-state index >= 15 is 0 Å². The molecule has 1 heterocycles. The van der Waals surface area contributed by atoms with Crippen LogP contribution < -0.4 is 20.9 Å². The maximum absolute atomic E-state index is 13.3. The molecule has 1 aromatic heterocycles. The molecule has 0 bridgehead atoms. The Morgan fingerprint density at radius 1 is 0.814 bits per heavy atom. The van der Waals surface area contributed by atoms with Gasteiger partial charge in [-0.3, -0.25) is 9.59 Å². The second-order valence-corrected chi connectivity index (χ2v) is 11.4. The van der Waals surface area contributed by atoms with Gasteiger partial charge < -0.3 is 30.2 Å². The van der Waals surface area contributed by atoms with E-state index in [9.17, 15) is 9.59 Å². The van der Waals surface area contributed by atoms with Crippen LogP contribution in [-0.4, -0.2) is 74.2 Å². The molecule has 0 fully saturated rings. The van der Waals surface area contributed by atoms with Crippen molar-refractivity contribution in [3.05, 3.63) is 70.5 Å². The third-order valence-electron chi connectivity index (χ3n) is 7.67. The molecule has 0 aliphatic carbocycles. The second kappa shape index (κ2) is 16.1. The molecule has 3 rings (SSSR count). The van der Waals surface area contributed by atoms with Gasteiger partial charge >= 0.3 is 5.97 Å². The Kier molecular flexibility index (Phi) is 12.6. The predicted molar refractivity (Wildman–Crippen MR) is 168 cm³/mol. The number of aryl methyl sites for hydroxylation is 2. The van der Waals surface area contributed by atoms with E-state index in [0.717, 1.165) is 50.3 Å². The Labute approximate surface area is 258 Å². The van der Waals surface area contributed by atoms with Crippen molar-refractivity contribution in [2.24, 2.45) is 5.92 Å². The number of hydrogen-bond acceptors (Lipinski definition) is 9. The number of carbonyl (C=O) groups is 2. The number of methoxy groups -OCH3 is 3. The lowest BCUT2D eigenvalue weighted by Gasteiger charge is -2.37. The van der Waals surface area contributed by atoms with Crippen LogP contribution in [0.2, 0.25) is 5.15 Å². The normalized spacial score (nSPS) is 12.0. The zero-order valence-electron chi connectivity index (χ0n) is 25.5. The maximum atomic E-state index is 13.3. The average Bonchev–Trinajstić information content (AvgIpc) is 2.99. The van der Waals surface area contributed by atoms with Crippen LogP contribution in [0.15, 0.2) is 48.5 Å². The third-order valence-corrected chi connectivity index (χ3v) is 7.95. The van der Waals surface area contributed by atoms with Crippen molar-refractivity contribution in [1.82, 2.24) is 9.97 Å². The smallest absolute Gasteiger partial charge is 0.306 e. The first kappa shape index (κ1) is 33.6. The minimum absolute atomic E-state index is 0.0396. The highest BCUT2D eigenvalue weighted by Crippen LogP contribution is 2.25. The number of nitrogens with two attached hydrogens (primary N) is 2. The Balaban J connectivity index is 1.77. The topological polar surface area (TPSA) is 140 Å². The van der Waals surface area contributed by atoms with Gasteiger partial charge in [0.25, 0.3) is 0 Å². The molecule has 10 nitrogen and oxygen atoms in total. The fourth-order valence-corrected chi connectivity index (χ4v) is 5.48. The van der Waals surface area contributed by atoms with E-state index in [1.54, 1.807) is 14.2 Å². The lowest BCUT2D eigenvalue weighted by atomic mass is 9.95. The van der Waals surface area contributed by atoms with Crippen molar-refractivity contribution in [3.63, 3.8) is 0 Å². The van der Waals surface area contributed by atoms with E-state index in [0.29, 0.717) is 11.0 Å². The molecule has 0 radical (unpaired) electrons. The number of Topliss-reactive ketones (excluding diaryl/α,β-unsaturated/α-hetero) is 1. The van der Waals surface area contributed by atoms with E-state index in [1.165, 1.54) is 18.2 Å². The number of hydrogen-bond donors (Lipinski definition) is 2. The quantitative estimate of drug-likeness (QED) is 0.125. The van der Waals surface area contributed by atoms with Crippen LogP contribution in [-0.2, 0) is 22.4 Å². The molecule has 0 aliphatic heterocycles. The summed E-state index contributed by atoms with van der Waals surface area (Å²) in [5, 5.41) is -0.0836. The summed E-state index contributed by atoms with van der Waals surface area (Å²) in [4.78, 5) is 33.8. The molecule has 1 atom stereocenters. The molecule has 232 valence electrons. The molecular weight excluding hydrogens is 570 g/mol. The first-order valence-electron chi connectivity index (χ1n) is 14.3. The van der Waals surface area contributed by atoms with Gasteiger partial charge in [-0.05, 0) is 48.2 Å². The van der Waals surface area contributed by atoms with Gasteiger partial charge in [0, 0.05) is 25.2 Å². The fourth-order valence-electron chi connectivity index (χ4n) is 5.36. The van der Waals surface area contributed by atoms with Gasteiger partial charge in [0.05, 0.1) is 54.4 Å². The van der Waals surface area contributed by atoms with E-state index in [-0.39, 0.29) is 53.0 Å². The van der Waals surface area contributed by atoms with Crippen molar-refractivity contribution < 1.29 is 28.3 Å². The number of ketones is 1. The van der Waals surface area contributed by atoms with Gasteiger partial charge in [0.15, 0.2) is 22.6 Å². The summed E-state index contributed by atoms with van der Waals surface area (Å²) < 4.78 is 16.2. The zero-order valence-corrected chi connectivity index (χ0v) is 26.2. The van der Waals surface area contributed by atoms with Gasteiger partial charge in [0.1, 0.15) is 17.2 Å². The van der Waals surface area contributed by atoms with Crippen molar-refractivity contribution in [3.8, 4) is 11.5 Å². The Bertz CT molecular complexity index is 1300. The molecule has 11 heteroatoms. The molecule has 1 unspecified atom stereocenters. The van der Waals surface area contributed by atoms with Gasteiger partial charge in [-0.1, -0.05) is 35.9 Å². The summed E-state index contributed by atoms with van der Waals surface area (Å²) in [6, 6.07) is 16.2.